The number of carbonyl (C=O) groups excluding carboxylic acids is 2. The number of amides is 3. The van der Waals surface area contributed by atoms with Gasteiger partial charge in [0.25, 0.3) is 0 Å². The fourth-order valence-corrected chi connectivity index (χ4v) is 4.92. The van der Waals surface area contributed by atoms with Gasteiger partial charge in [-0.1, -0.05) is 0 Å². The summed E-state index contributed by atoms with van der Waals surface area (Å²) in [6, 6.07) is 1.68. The zero-order valence-corrected chi connectivity index (χ0v) is 22.1. The summed E-state index contributed by atoms with van der Waals surface area (Å²) in [6.45, 7) is 13.7. The number of nitrogens with zero attached hydrogens (tertiary/aromatic N) is 8. The lowest BCUT2D eigenvalue weighted by Crippen LogP contribution is -2.55. The van der Waals surface area contributed by atoms with Crippen LogP contribution in [0.2, 0.25) is 0 Å². The Kier molecular flexibility index (Phi) is 6.12. The highest BCUT2D eigenvalue weighted by Gasteiger charge is 2.34. The average molecular weight is 508 g/mol. The van der Waals surface area contributed by atoms with E-state index in [4.69, 9.17) is 4.74 Å². The standard InChI is InChI=1S/C25H33N9O3/c1-15-13-31(11-12-32(15)24(36)37-25(4,5)6)19-7-9-26-22-18(19)8-10-33(22)23(35)29-20-14-34-21(16(2)27-20)28-17(3)30-34/h7,9,14-15H,8,10-13H2,1-6H3,(H,29,35)/t15-/m1/s1. The van der Waals surface area contributed by atoms with E-state index in [2.05, 4.69) is 30.3 Å². The Hall–Kier alpha value is -3.96. The van der Waals surface area contributed by atoms with Crippen molar-refractivity contribution in [2.45, 2.75) is 59.6 Å². The molecule has 196 valence electrons. The quantitative estimate of drug-likeness (QED) is 0.561. The van der Waals surface area contributed by atoms with Gasteiger partial charge in [-0.15, -0.1) is 0 Å². The van der Waals surface area contributed by atoms with Crippen LogP contribution in [-0.4, -0.2) is 79.4 Å². The first kappa shape index (κ1) is 24.7. The lowest BCUT2D eigenvalue weighted by molar-refractivity contribution is 0.0159. The van der Waals surface area contributed by atoms with Crippen molar-refractivity contribution in [2.75, 3.05) is 41.3 Å². The maximum atomic E-state index is 13.2. The monoisotopic (exact) mass is 507 g/mol. The second-order valence-electron chi connectivity index (χ2n) is 10.6. The van der Waals surface area contributed by atoms with Crippen molar-refractivity contribution in [1.29, 1.82) is 0 Å². The Labute approximate surface area is 215 Å². The number of rotatable bonds is 2. The van der Waals surface area contributed by atoms with Crippen LogP contribution in [-0.2, 0) is 11.2 Å². The summed E-state index contributed by atoms with van der Waals surface area (Å²) in [6.07, 6.45) is 3.80. The van der Waals surface area contributed by atoms with Crippen molar-refractivity contribution in [1.82, 2.24) is 29.5 Å². The van der Waals surface area contributed by atoms with Crippen molar-refractivity contribution in [3.05, 3.63) is 35.5 Å². The van der Waals surface area contributed by atoms with Gasteiger partial charge in [-0.2, -0.15) is 5.10 Å². The van der Waals surface area contributed by atoms with Gasteiger partial charge in [0, 0.05) is 49.7 Å². The molecule has 1 N–H and O–H groups in total. The highest BCUT2D eigenvalue weighted by molar-refractivity contribution is 6.02. The maximum absolute atomic E-state index is 13.2. The van der Waals surface area contributed by atoms with Crippen molar-refractivity contribution in [3.8, 4) is 0 Å². The molecule has 12 heteroatoms. The molecule has 3 aromatic heterocycles. The van der Waals surface area contributed by atoms with Crippen LogP contribution in [0.15, 0.2) is 18.5 Å². The van der Waals surface area contributed by atoms with E-state index in [9.17, 15) is 9.59 Å². The molecule has 37 heavy (non-hydrogen) atoms. The third kappa shape index (κ3) is 4.87. The maximum Gasteiger partial charge on any atom is 0.410 e. The molecule has 0 radical (unpaired) electrons. The van der Waals surface area contributed by atoms with Crippen molar-refractivity contribution < 1.29 is 14.3 Å². The molecular formula is C25H33N9O3. The van der Waals surface area contributed by atoms with Gasteiger partial charge >= 0.3 is 12.1 Å². The number of ether oxygens (including phenoxy) is 1. The van der Waals surface area contributed by atoms with Crippen LogP contribution in [0.4, 0.5) is 26.9 Å². The summed E-state index contributed by atoms with van der Waals surface area (Å²) in [5.41, 5.74) is 2.89. The summed E-state index contributed by atoms with van der Waals surface area (Å²) >= 11 is 0. The molecule has 0 spiro atoms. The normalized spacial score (nSPS) is 17.8. The highest BCUT2D eigenvalue weighted by atomic mass is 16.6. The highest BCUT2D eigenvalue weighted by Crippen LogP contribution is 2.35. The molecule has 0 saturated carbocycles. The van der Waals surface area contributed by atoms with E-state index >= 15 is 0 Å². The number of urea groups is 1. The van der Waals surface area contributed by atoms with E-state index in [1.165, 1.54) is 0 Å². The second kappa shape index (κ2) is 9.16. The third-order valence-corrected chi connectivity index (χ3v) is 6.52. The summed E-state index contributed by atoms with van der Waals surface area (Å²) < 4.78 is 7.20. The molecule has 0 bridgehead atoms. The fourth-order valence-electron chi connectivity index (χ4n) is 4.92. The summed E-state index contributed by atoms with van der Waals surface area (Å²) in [4.78, 5) is 44.9. The van der Waals surface area contributed by atoms with Gasteiger partial charge < -0.3 is 14.5 Å². The van der Waals surface area contributed by atoms with E-state index in [1.54, 1.807) is 26.7 Å². The van der Waals surface area contributed by atoms with Crippen LogP contribution < -0.4 is 15.1 Å². The van der Waals surface area contributed by atoms with Gasteiger partial charge in [0.05, 0.1) is 11.9 Å². The number of piperazine rings is 1. The smallest absolute Gasteiger partial charge is 0.410 e. The van der Waals surface area contributed by atoms with Gasteiger partial charge in [-0.05, 0) is 54.0 Å². The molecular weight excluding hydrogens is 474 g/mol. The summed E-state index contributed by atoms with van der Waals surface area (Å²) in [7, 11) is 0. The molecule has 12 nitrogen and oxygen atoms in total. The lowest BCUT2D eigenvalue weighted by atomic mass is 10.1. The number of hydrogen-bond donors (Lipinski definition) is 1. The van der Waals surface area contributed by atoms with E-state index in [-0.39, 0.29) is 18.2 Å². The number of aryl methyl sites for hydroxylation is 2. The van der Waals surface area contributed by atoms with E-state index in [1.807, 2.05) is 47.6 Å². The first-order valence-electron chi connectivity index (χ1n) is 12.5. The van der Waals surface area contributed by atoms with Gasteiger partial charge in [-0.25, -0.2) is 29.1 Å². The second-order valence-corrected chi connectivity index (χ2v) is 10.6. The number of carbonyl (C=O) groups is 2. The van der Waals surface area contributed by atoms with Gasteiger partial charge in [0.1, 0.15) is 17.2 Å². The minimum absolute atomic E-state index is 0.0159. The molecule has 3 amide bonds. The van der Waals surface area contributed by atoms with Gasteiger partial charge in [-0.3, -0.25) is 10.2 Å². The third-order valence-electron chi connectivity index (χ3n) is 6.52. The zero-order chi connectivity index (χ0) is 26.5. The summed E-state index contributed by atoms with van der Waals surface area (Å²) in [5, 5.41) is 7.21. The van der Waals surface area contributed by atoms with Crippen molar-refractivity contribution >= 4 is 35.1 Å². The van der Waals surface area contributed by atoms with E-state index in [0.29, 0.717) is 61.4 Å². The van der Waals surface area contributed by atoms with Crippen LogP contribution in [0.5, 0.6) is 0 Å². The number of fused-ring (bicyclic) bond motifs is 2. The number of aromatic nitrogens is 5. The summed E-state index contributed by atoms with van der Waals surface area (Å²) in [5.74, 6) is 1.68. The predicted octanol–water partition coefficient (Wildman–Crippen LogP) is 3.18. The first-order valence-corrected chi connectivity index (χ1v) is 12.5. The topological polar surface area (TPSA) is 121 Å². The molecule has 1 fully saturated rings. The Morgan fingerprint density at radius 1 is 1.14 bits per heavy atom. The van der Waals surface area contributed by atoms with Crippen LogP contribution in [0.1, 0.15) is 44.8 Å². The number of anilines is 3. The number of hydrogen-bond acceptors (Lipinski definition) is 8. The molecule has 3 aromatic rings. The van der Waals surface area contributed by atoms with Crippen LogP contribution in [0, 0.1) is 13.8 Å². The molecule has 0 aliphatic carbocycles. The Morgan fingerprint density at radius 3 is 2.65 bits per heavy atom. The molecule has 1 atom stereocenters. The van der Waals surface area contributed by atoms with Crippen molar-refractivity contribution in [3.63, 3.8) is 0 Å². The molecule has 0 unspecified atom stereocenters. The molecule has 5 heterocycles. The van der Waals surface area contributed by atoms with Crippen LogP contribution >= 0.6 is 0 Å². The fraction of sp³-hybridized carbons (Fsp3) is 0.520. The Balaban J connectivity index is 1.31. The van der Waals surface area contributed by atoms with E-state index in [0.717, 1.165) is 11.3 Å². The van der Waals surface area contributed by atoms with Gasteiger partial charge in [0.15, 0.2) is 11.5 Å². The number of nitrogens with one attached hydrogen (secondary N) is 1. The van der Waals surface area contributed by atoms with E-state index < -0.39 is 5.60 Å². The minimum atomic E-state index is -0.530. The lowest BCUT2D eigenvalue weighted by Gasteiger charge is -2.41. The SMILES string of the molecule is Cc1nc2c(C)nc(NC(=O)N3CCc4c(N5CCN(C(=O)OC(C)(C)C)[C@H](C)C5)ccnc43)cn2n1. The minimum Gasteiger partial charge on any atom is -0.444 e. The Bertz CT molecular complexity index is 1360. The largest absolute Gasteiger partial charge is 0.444 e. The number of pyridine rings is 1. The molecule has 0 aromatic carbocycles. The van der Waals surface area contributed by atoms with Crippen LogP contribution in [0.25, 0.3) is 5.65 Å². The molecule has 2 aliphatic rings. The average Bonchev–Trinajstić information content (AvgIpc) is 3.41. The molecule has 1 saturated heterocycles. The Morgan fingerprint density at radius 2 is 1.92 bits per heavy atom. The van der Waals surface area contributed by atoms with Gasteiger partial charge in [0.2, 0.25) is 0 Å². The van der Waals surface area contributed by atoms with Crippen LogP contribution in [0.3, 0.4) is 0 Å². The predicted molar refractivity (Wildman–Crippen MR) is 139 cm³/mol. The zero-order valence-electron chi connectivity index (χ0n) is 22.1. The van der Waals surface area contributed by atoms with Crippen molar-refractivity contribution in [2.24, 2.45) is 0 Å². The molecule has 5 rings (SSSR count). The first-order chi connectivity index (χ1) is 17.5. The molecule has 2 aliphatic heterocycles.